The molecule has 4 heteroatoms. The third kappa shape index (κ3) is 17.8. The molecule has 0 radical (unpaired) electrons. The fourth-order valence-corrected chi connectivity index (χ4v) is 3.62. The summed E-state index contributed by atoms with van der Waals surface area (Å²) in [5.74, 6) is 0.104. The Bertz CT molecular complexity index is 506. The van der Waals surface area contributed by atoms with Crippen LogP contribution < -0.4 is 0 Å². The van der Waals surface area contributed by atoms with Crippen molar-refractivity contribution in [2.45, 2.75) is 128 Å². The molecule has 174 valence electrons. The van der Waals surface area contributed by atoms with Crippen molar-refractivity contribution in [2.24, 2.45) is 0 Å². The van der Waals surface area contributed by atoms with E-state index in [9.17, 15) is 9.59 Å². The van der Waals surface area contributed by atoms with E-state index in [4.69, 9.17) is 11.6 Å². The molecule has 1 atom stereocenters. The van der Waals surface area contributed by atoms with Crippen LogP contribution in [0.4, 0.5) is 0 Å². The molecule has 0 aliphatic carbocycles. The standard InChI is InChI=1S/C26H45ClO3/c1-4-6-8-14-18-24(27)22-21-23(25(28)19-15-9-7-5-2)17-13-11-10-12-16-20-26(29)30-3/h22,24H,4-20H2,1-3H3. The van der Waals surface area contributed by atoms with Crippen molar-refractivity contribution in [3.8, 4) is 0 Å². The van der Waals surface area contributed by atoms with E-state index in [2.05, 4.69) is 24.3 Å². The number of hydrogen-bond acceptors (Lipinski definition) is 3. The molecule has 0 aromatic rings. The number of rotatable bonds is 20. The Morgan fingerprint density at radius 1 is 0.800 bits per heavy atom. The molecule has 0 amide bonds. The van der Waals surface area contributed by atoms with Gasteiger partial charge in [-0.15, -0.1) is 17.3 Å². The summed E-state index contributed by atoms with van der Waals surface area (Å²) in [4.78, 5) is 23.8. The van der Waals surface area contributed by atoms with E-state index in [0.717, 1.165) is 69.8 Å². The van der Waals surface area contributed by atoms with Gasteiger partial charge in [0.05, 0.1) is 12.5 Å². The second-order valence-corrected chi connectivity index (χ2v) is 8.79. The Hall–Kier alpha value is -1.05. The summed E-state index contributed by atoms with van der Waals surface area (Å²) < 4.78 is 4.66. The van der Waals surface area contributed by atoms with Crippen LogP contribution in [-0.4, -0.2) is 24.2 Å². The summed E-state index contributed by atoms with van der Waals surface area (Å²) in [6.07, 6.45) is 19.1. The molecule has 0 heterocycles. The van der Waals surface area contributed by atoms with E-state index in [1.807, 2.05) is 6.08 Å². The Kier molecular flexibility index (Phi) is 20.5. The van der Waals surface area contributed by atoms with E-state index in [1.165, 1.54) is 39.2 Å². The Morgan fingerprint density at radius 3 is 1.97 bits per heavy atom. The molecule has 0 aromatic heterocycles. The SMILES string of the molecule is CCCCCCC(=O)C(=C=CC(Cl)CCCCCC)CCCCCCCC(=O)OC. The number of esters is 1. The Labute approximate surface area is 190 Å². The molecule has 0 aliphatic rings. The number of unbranched alkanes of at least 4 members (excludes halogenated alkanes) is 10. The van der Waals surface area contributed by atoms with Crippen LogP contribution >= 0.6 is 11.6 Å². The lowest BCUT2D eigenvalue weighted by atomic mass is 9.98. The van der Waals surface area contributed by atoms with Gasteiger partial charge in [-0.25, -0.2) is 0 Å². The highest BCUT2D eigenvalue weighted by atomic mass is 35.5. The third-order valence-corrected chi connectivity index (χ3v) is 5.75. The van der Waals surface area contributed by atoms with Crippen molar-refractivity contribution in [1.29, 1.82) is 0 Å². The number of hydrogen-bond donors (Lipinski definition) is 0. The predicted molar refractivity (Wildman–Crippen MR) is 128 cm³/mol. The van der Waals surface area contributed by atoms with Crippen molar-refractivity contribution >= 4 is 23.4 Å². The average Bonchev–Trinajstić information content (AvgIpc) is 2.75. The molecule has 0 bridgehead atoms. The van der Waals surface area contributed by atoms with Crippen molar-refractivity contribution in [1.82, 2.24) is 0 Å². The maximum absolute atomic E-state index is 12.7. The second-order valence-electron chi connectivity index (χ2n) is 8.23. The number of carbonyl (C=O) groups is 2. The first-order chi connectivity index (χ1) is 14.5. The van der Waals surface area contributed by atoms with Crippen molar-refractivity contribution in [3.63, 3.8) is 0 Å². The average molecular weight is 441 g/mol. The minimum absolute atomic E-state index is 0.0388. The second kappa shape index (κ2) is 21.2. The van der Waals surface area contributed by atoms with Gasteiger partial charge in [0.15, 0.2) is 5.78 Å². The number of halogens is 1. The molecular weight excluding hydrogens is 396 g/mol. The molecule has 0 saturated heterocycles. The van der Waals surface area contributed by atoms with Gasteiger partial charge in [0.1, 0.15) is 0 Å². The van der Waals surface area contributed by atoms with Gasteiger partial charge in [0.2, 0.25) is 0 Å². The van der Waals surface area contributed by atoms with Crippen molar-refractivity contribution < 1.29 is 14.3 Å². The molecule has 0 rings (SSSR count). The Morgan fingerprint density at radius 2 is 1.33 bits per heavy atom. The number of ether oxygens (including phenoxy) is 1. The molecule has 0 saturated carbocycles. The van der Waals surface area contributed by atoms with E-state index >= 15 is 0 Å². The molecule has 0 fully saturated rings. The maximum Gasteiger partial charge on any atom is 0.305 e. The molecule has 30 heavy (non-hydrogen) atoms. The van der Waals surface area contributed by atoms with Crippen LogP contribution in [-0.2, 0) is 14.3 Å². The fraction of sp³-hybridized carbons (Fsp3) is 0.808. The van der Waals surface area contributed by atoms with Crippen LogP contribution in [0.15, 0.2) is 17.4 Å². The maximum atomic E-state index is 12.7. The summed E-state index contributed by atoms with van der Waals surface area (Å²) in [6, 6.07) is 0. The van der Waals surface area contributed by atoms with Crippen LogP contribution in [0, 0.1) is 0 Å². The minimum atomic E-state index is -0.135. The molecule has 0 spiro atoms. The Balaban J connectivity index is 4.50. The largest absolute Gasteiger partial charge is 0.469 e. The molecule has 1 unspecified atom stereocenters. The summed E-state index contributed by atoms with van der Waals surface area (Å²) in [6.45, 7) is 4.39. The zero-order valence-corrected chi connectivity index (χ0v) is 20.5. The normalized spacial score (nSPS) is 11.6. The topological polar surface area (TPSA) is 43.4 Å². The molecular formula is C26H45ClO3. The highest BCUT2D eigenvalue weighted by molar-refractivity contribution is 6.21. The number of methoxy groups -OCH3 is 1. The third-order valence-electron chi connectivity index (χ3n) is 5.40. The highest BCUT2D eigenvalue weighted by Gasteiger charge is 2.09. The first kappa shape index (κ1) is 28.9. The quantitative estimate of drug-likeness (QED) is 0.0631. The highest BCUT2D eigenvalue weighted by Crippen LogP contribution is 2.17. The van der Waals surface area contributed by atoms with E-state index < -0.39 is 0 Å². The zero-order chi connectivity index (χ0) is 22.5. The lowest BCUT2D eigenvalue weighted by molar-refractivity contribution is -0.140. The van der Waals surface area contributed by atoms with Crippen LogP contribution in [0.2, 0.25) is 0 Å². The van der Waals surface area contributed by atoms with Crippen LogP contribution in [0.3, 0.4) is 0 Å². The molecule has 0 aromatic carbocycles. The lowest BCUT2D eigenvalue weighted by Gasteiger charge is -2.06. The molecule has 0 aliphatic heterocycles. The number of Topliss-reactive ketones (excluding diaryl/α,β-unsaturated/α-hetero) is 1. The van der Waals surface area contributed by atoms with Gasteiger partial charge in [0.25, 0.3) is 0 Å². The van der Waals surface area contributed by atoms with Gasteiger partial charge < -0.3 is 4.74 Å². The van der Waals surface area contributed by atoms with Gasteiger partial charge in [-0.05, 0) is 38.2 Å². The number of ketones is 1. The first-order valence-electron chi connectivity index (χ1n) is 12.2. The number of allylic oxidation sites excluding steroid dienone is 1. The van der Waals surface area contributed by atoms with Gasteiger partial charge in [-0.3, -0.25) is 9.59 Å². The predicted octanol–water partition coefficient (Wildman–Crippen LogP) is 8.09. The van der Waals surface area contributed by atoms with Gasteiger partial charge >= 0.3 is 5.97 Å². The van der Waals surface area contributed by atoms with Gasteiger partial charge in [-0.2, -0.15) is 0 Å². The van der Waals surface area contributed by atoms with Gasteiger partial charge in [-0.1, -0.05) is 78.1 Å². The number of alkyl halides is 1. The summed E-state index contributed by atoms with van der Waals surface area (Å²) in [7, 11) is 1.43. The van der Waals surface area contributed by atoms with Crippen LogP contribution in [0.25, 0.3) is 0 Å². The van der Waals surface area contributed by atoms with E-state index in [1.54, 1.807) is 0 Å². The summed E-state index contributed by atoms with van der Waals surface area (Å²) >= 11 is 6.43. The lowest BCUT2D eigenvalue weighted by Crippen LogP contribution is -2.03. The number of carbonyl (C=O) groups excluding carboxylic acids is 2. The van der Waals surface area contributed by atoms with E-state index in [-0.39, 0.29) is 17.1 Å². The van der Waals surface area contributed by atoms with Gasteiger partial charge in [0, 0.05) is 18.4 Å². The van der Waals surface area contributed by atoms with Crippen LogP contribution in [0.5, 0.6) is 0 Å². The fourth-order valence-electron chi connectivity index (χ4n) is 3.40. The molecule has 0 N–H and O–H groups in total. The van der Waals surface area contributed by atoms with Crippen molar-refractivity contribution in [3.05, 3.63) is 17.4 Å². The van der Waals surface area contributed by atoms with Crippen molar-refractivity contribution in [2.75, 3.05) is 7.11 Å². The first-order valence-corrected chi connectivity index (χ1v) is 12.7. The summed E-state index contributed by atoms with van der Waals surface area (Å²) in [5, 5.41) is -0.0388. The van der Waals surface area contributed by atoms with Crippen LogP contribution in [0.1, 0.15) is 123 Å². The molecule has 3 nitrogen and oxygen atoms in total. The van der Waals surface area contributed by atoms with E-state index in [0.29, 0.717) is 12.8 Å². The monoisotopic (exact) mass is 440 g/mol. The summed E-state index contributed by atoms with van der Waals surface area (Å²) in [5.41, 5.74) is 4.09. The zero-order valence-electron chi connectivity index (χ0n) is 19.8. The minimum Gasteiger partial charge on any atom is -0.469 e. The smallest absolute Gasteiger partial charge is 0.305 e.